The Labute approximate surface area is 153 Å². The van der Waals surface area contributed by atoms with Crippen LogP contribution in [0.25, 0.3) is 0 Å². The number of nitrogens with zero attached hydrogens (tertiary/aromatic N) is 2. The second-order valence-electron chi connectivity index (χ2n) is 7.22. The van der Waals surface area contributed by atoms with Crippen molar-refractivity contribution in [2.24, 2.45) is 17.6 Å². The second kappa shape index (κ2) is 7.15. The summed E-state index contributed by atoms with van der Waals surface area (Å²) in [6.45, 7) is 3.06. The number of rotatable bonds is 3. The minimum atomic E-state index is -0.0314. The standard InChI is InChI=1S/C19H25N3O4/c20-11-14-2-1-3-15(14)19(24)22-8-6-21(7-9-22)18(23)13-4-5-16-17(10-13)26-12-25-16/h4-5,10,14-15H,1-3,6-9,11-12,20H2/t14-,15-/m1/s1. The molecular formula is C19H25N3O4. The number of carbonyl (C=O) groups is 2. The summed E-state index contributed by atoms with van der Waals surface area (Å²) in [4.78, 5) is 29.2. The number of carbonyl (C=O) groups excluding carboxylic acids is 2. The van der Waals surface area contributed by atoms with Crippen LogP contribution in [0.2, 0.25) is 0 Å². The third-order valence-corrected chi connectivity index (χ3v) is 5.78. The molecule has 2 heterocycles. The highest BCUT2D eigenvalue weighted by atomic mass is 16.7. The molecule has 1 saturated heterocycles. The van der Waals surface area contributed by atoms with Crippen LogP contribution in [0.3, 0.4) is 0 Å². The highest BCUT2D eigenvalue weighted by Gasteiger charge is 2.36. The van der Waals surface area contributed by atoms with Crippen LogP contribution in [0.4, 0.5) is 0 Å². The average molecular weight is 359 g/mol. The molecule has 140 valence electrons. The Hall–Kier alpha value is -2.28. The van der Waals surface area contributed by atoms with Crippen LogP contribution in [-0.2, 0) is 4.79 Å². The van der Waals surface area contributed by atoms with Gasteiger partial charge in [0, 0.05) is 37.7 Å². The van der Waals surface area contributed by atoms with Crippen LogP contribution < -0.4 is 15.2 Å². The van der Waals surface area contributed by atoms with Crippen LogP contribution in [0, 0.1) is 11.8 Å². The van der Waals surface area contributed by atoms with Gasteiger partial charge in [-0.15, -0.1) is 0 Å². The molecule has 0 bridgehead atoms. The SMILES string of the molecule is NC[C@H]1CCC[C@H]1C(=O)N1CCN(C(=O)c2ccc3c(c2)OCO3)CC1. The lowest BCUT2D eigenvalue weighted by molar-refractivity contribution is -0.138. The van der Waals surface area contributed by atoms with Gasteiger partial charge in [-0.3, -0.25) is 9.59 Å². The number of amides is 2. The van der Waals surface area contributed by atoms with Gasteiger partial charge in [-0.2, -0.15) is 0 Å². The molecule has 2 atom stereocenters. The van der Waals surface area contributed by atoms with Crippen molar-refractivity contribution in [3.05, 3.63) is 23.8 Å². The minimum absolute atomic E-state index is 0.0314. The van der Waals surface area contributed by atoms with Gasteiger partial charge in [-0.05, 0) is 43.5 Å². The first kappa shape index (κ1) is 17.1. The summed E-state index contributed by atoms with van der Waals surface area (Å²) >= 11 is 0. The predicted molar refractivity (Wildman–Crippen MR) is 94.9 cm³/mol. The molecule has 26 heavy (non-hydrogen) atoms. The first-order valence-electron chi connectivity index (χ1n) is 9.35. The van der Waals surface area contributed by atoms with E-state index in [-0.39, 0.29) is 24.5 Å². The smallest absolute Gasteiger partial charge is 0.254 e. The molecule has 7 nitrogen and oxygen atoms in total. The molecule has 2 aliphatic heterocycles. The largest absolute Gasteiger partial charge is 0.454 e. The monoisotopic (exact) mass is 359 g/mol. The second-order valence-corrected chi connectivity index (χ2v) is 7.22. The number of benzene rings is 1. The van der Waals surface area contributed by atoms with E-state index in [2.05, 4.69) is 0 Å². The predicted octanol–water partition coefficient (Wildman–Crippen LogP) is 1.07. The Bertz CT molecular complexity index is 700. The van der Waals surface area contributed by atoms with Crippen molar-refractivity contribution in [2.75, 3.05) is 39.5 Å². The van der Waals surface area contributed by atoms with Crippen molar-refractivity contribution in [1.82, 2.24) is 9.80 Å². The van der Waals surface area contributed by atoms with E-state index in [4.69, 9.17) is 15.2 Å². The van der Waals surface area contributed by atoms with Crippen LogP contribution in [0.15, 0.2) is 18.2 Å². The average Bonchev–Trinajstić information content (AvgIpc) is 3.35. The zero-order chi connectivity index (χ0) is 18.1. The fourth-order valence-corrected chi connectivity index (χ4v) is 4.22. The Kier molecular flexibility index (Phi) is 4.72. The third kappa shape index (κ3) is 3.11. The lowest BCUT2D eigenvalue weighted by Crippen LogP contribution is -2.52. The highest BCUT2D eigenvalue weighted by molar-refractivity contribution is 5.95. The molecule has 0 unspecified atom stereocenters. The Balaban J connectivity index is 1.36. The molecule has 1 aliphatic carbocycles. The van der Waals surface area contributed by atoms with Gasteiger partial charge in [0.05, 0.1) is 0 Å². The quantitative estimate of drug-likeness (QED) is 0.873. The van der Waals surface area contributed by atoms with E-state index in [9.17, 15) is 9.59 Å². The van der Waals surface area contributed by atoms with Gasteiger partial charge in [0.15, 0.2) is 11.5 Å². The van der Waals surface area contributed by atoms with E-state index in [1.807, 2.05) is 4.90 Å². The van der Waals surface area contributed by atoms with Gasteiger partial charge in [-0.1, -0.05) is 6.42 Å². The molecule has 2 amide bonds. The summed E-state index contributed by atoms with van der Waals surface area (Å²) in [7, 11) is 0. The van der Waals surface area contributed by atoms with E-state index in [0.29, 0.717) is 55.7 Å². The first-order valence-corrected chi connectivity index (χ1v) is 9.35. The zero-order valence-electron chi connectivity index (χ0n) is 14.9. The van der Waals surface area contributed by atoms with Crippen molar-refractivity contribution < 1.29 is 19.1 Å². The van der Waals surface area contributed by atoms with Crippen LogP contribution in [0.1, 0.15) is 29.6 Å². The molecule has 2 fully saturated rings. The molecule has 2 N–H and O–H groups in total. The molecule has 0 spiro atoms. The maximum absolute atomic E-state index is 12.8. The summed E-state index contributed by atoms with van der Waals surface area (Å²) in [5, 5.41) is 0. The lowest BCUT2D eigenvalue weighted by atomic mass is 9.94. The van der Waals surface area contributed by atoms with Gasteiger partial charge >= 0.3 is 0 Å². The Morgan fingerprint density at radius 2 is 1.77 bits per heavy atom. The molecule has 1 saturated carbocycles. The molecule has 0 radical (unpaired) electrons. The molecular weight excluding hydrogens is 334 g/mol. The van der Waals surface area contributed by atoms with E-state index in [1.165, 1.54) is 0 Å². The number of fused-ring (bicyclic) bond motifs is 1. The summed E-state index contributed by atoms with van der Waals surface area (Å²) in [5.41, 5.74) is 6.40. The molecule has 4 rings (SSSR count). The molecule has 3 aliphatic rings. The van der Waals surface area contributed by atoms with E-state index >= 15 is 0 Å². The van der Waals surface area contributed by atoms with Crippen molar-refractivity contribution in [3.8, 4) is 11.5 Å². The summed E-state index contributed by atoms with van der Waals surface area (Å²) in [6, 6.07) is 5.26. The number of nitrogens with two attached hydrogens (primary N) is 1. The third-order valence-electron chi connectivity index (χ3n) is 5.78. The highest BCUT2D eigenvalue weighted by Crippen LogP contribution is 2.34. The van der Waals surface area contributed by atoms with Crippen LogP contribution in [0.5, 0.6) is 11.5 Å². The maximum atomic E-state index is 12.8. The molecule has 0 aromatic heterocycles. The summed E-state index contributed by atoms with van der Waals surface area (Å²) < 4.78 is 10.6. The molecule has 7 heteroatoms. The van der Waals surface area contributed by atoms with Gasteiger partial charge < -0.3 is 25.0 Å². The van der Waals surface area contributed by atoms with Crippen molar-refractivity contribution >= 4 is 11.8 Å². The maximum Gasteiger partial charge on any atom is 0.254 e. The normalized spacial score (nSPS) is 24.8. The van der Waals surface area contributed by atoms with Gasteiger partial charge in [0.2, 0.25) is 12.7 Å². The minimum Gasteiger partial charge on any atom is -0.454 e. The van der Waals surface area contributed by atoms with Crippen molar-refractivity contribution in [3.63, 3.8) is 0 Å². The molecule has 1 aromatic carbocycles. The first-order chi connectivity index (χ1) is 12.7. The zero-order valence-corrected chi connectivity index (χ0v) is 14.9. The van der Waals surface area contributed by atoms with E-state index in [1.54, 1.807) is 23.1 Å². The van der Waals surface area contributed by atoms with Gasteiger partial charge in [0.1, 0.15) is 0 Å². The van der Waals surface area contributed by atoms with E-state index < -0.39 is 0 Å². The van der Waals surface area contributed by atoms with Crippen molar-refractivity contribution in [1.29, 1.82) is 0 Å². The lowest BCUT2D eigenvalue weighted by Gasteiger charge is -2.36. The topological polar surface area (TPSA) is 85.1 Å². The fraction of sp³-hybridized carbons (Fsp3) is 0.579. The van der Waals surface area contributed by atoms with E-state index in [0.717, 1.165) is 19.3 Å². The number of hydrogen-bond acceptors (Lipinski definition) is 5. The number of ether oxygens (including phenoxy) is 2. The molecule has 1 aromatic rings. The summed E-state index contributed by atoms with van der Waals surface area (Å²) in [5.74, 6) is 1.85. The van der Waals surface area contributed by atoms with Crippen LogP contribution >= 0.6 is 0 Å². The van der Waals surface area contributed by atoms with Gasteiger partial charge in [0.25, 0.3) is 5.91 Å². The Morgan fingerprint density at radius 3 is 2.54 bits per heavy atom. The summed E-state index contributed by atoms with van der Waals surface area (Å²) in [6.07, 6.45) is 3.08. The fourth-order valence-electron chi connectivity index (χ4n) is 4.22. The number of hydrogen-bond donors (Lipinski definition) is 1. The van der Waals surface area contributed by atoms with Crippen molar-refractivity contribution in [2.45, 2.75) is 19.3 Å². The number of piperazine rings is 1. The van der Waals surface area contributed by atoms with Gasteiger partial charge in [-0.25, -0.2) is 0 Å². The van der Waals surface area contributed by atoms with Crippen LogP contribution in [-0.4, -0.2) is 61.1 Å². The Morgan fingerprint density at radius 1 is 1.04 bits per heavy atom.